The highest BCUT2D eigenvalue weighted by Gasteiger charge is 2.20. The van der Waals surface area contributed by atoms with Gasteiger partial charge in [-0.05, 0) is 30.9 Å². The molecular weight excluding hydrogens is 252 g/mol. The van der Waals surface area contributed by atoms with Crippen molar-refractivity contribution in [3.63, 3.8) is 0 Å². The first-order valence-electron chi connectivity index (χ1n) is 6.24. The summed E-state index contributed by atoms with van der Waals surface area (Å²) in [6.45, 7) is 2.68. The molecule has 0 aliphatic carbocycles. The molecule has 4 nitrogen and oxygen atoms in total. The highest BCUT2D eigenvalue weighted by Crippen LogP contribution is 2.24. The van der Waals surface area contributed by atoms with Gasteiger partial charge in [0.05, 0.1) is 17.3 Å². The van der Waals surface area contributed by atoms with Gasteiger partial charge in [0, 0.05) is 26.8 Å². The number of nitrogens with zero attached hydrogens (tertiary/aromatic N) is 2. The van der Waals surface area contributed by atoms with Crippen LogP contribution in [0.2, 0.25) is 5.02 Å². The third kappa shape index (κ3) is 3.13. The highest BCUT2D eigenvalue weighted by molar-refractivity contribution is 6.31. The number of rotatable bonds is 4. The summed E-state index contributed by atoms with van der Waals surface area (Å²) in [5, 5.41) is 9.69. The normalized spacial score (nSPS) is 17.2. The predicted octanol–water partition coefficient (Wildman–Crippen LogP) is 2.09. The molecule has 0 saturated carbocycles. The number of aliphatic hydroxyl groups is 1. The molecule has 5 heteroatoms. The molecule has 0 amide bonds. The third-order valence-corrected chi connectivity index (χ3v) is 3.74. The van der Waals surface area contributed by atoms with Crippen LogP contribution in [0.15, 0.2) is 12.1 Å². The van der Waals surface area contributed by atoms with Gasteiger partial charge in [0.25, 0.3) is 0 Å². The number of piperidine rings is 1. The molecular formula is C13H19ClN2O2. The lowest BCUT2D eigenvalue weighted by Gasteiger charge is -2.32. The van der Waals surface area contributed by atoms with Crippen molar-refractivity contribution in [3.05, 3.63) is 22.8 Å². The average Bonchev–Trinajstić information content (AvgIpc) is 2.41. The lowest BCUT2D eigenvalue weighted by molar-refractivity contribution is 0.139. The van der Waals surface area contributed by atoms with Gasteiger partial charge in [0.15, 0.2) is 0 Å². The van der Waals surface area contributed by atoms with Gasteiger partial charge >= 0.3 is 0 Å². The van der Waals surface area contributed by atoms with Crippen LogP contribution in [-0.2, 0) is 11.3 Å². The van der Waals surface area contributed by atoms with Gasteiger partial charge in [-0.1, -0.05) is 11.6 Å². The maximum Gasteiger partial charge on any atom is 0.129 e. The first kappa shape index (κ1) is 13.6. The maximum atomic E-state index is 9.17. The molecule has 1 aliphatic heterocycles. The molecule has 0 bridgehead atoms. The van der Waals surface area contributed by atoms with E-state index in [9.17, 15) is 5.11 Å². The number of aromatic nitrogens is 1. The summed E-state index contributed by atoms with van der Waals surface area (Å²) in [4.78, 5) is 6.64. The second-order valence-corrected chi connectivity index (χ2v) is 5.05. The third-order valence-electron chi connectivity index (χ3n) is 3.39. The zero-order valence-electron chi connectivity index (χ0n) is 10.6. The van der Waals surface area contributed by atoms with Crippen molar-refractivity contribution in [1.29, 1.82) is 0 Å². The molecule has 2 heterocycles. The number of anilines is 1. The smallest absolute Gasteiger partial charge is 0.129 e. The molecule has 0 aromatic carbocycles. The van der Waals surface area contributed by atoms with Crippen molar-refractivity contribution in [2.45, 2.75) is 19.4 Å². The van der Waals surface area contributed by atoms with E-state index < -0.39 is 0 Å². The largest absolute Gasteiger partial charge is 0.390 e. The van der Waals surface area contributed by atoms with E-state index in [4.69, 9.17) is 16.3 Å². The minimum Gasteiger partial charge on any atom is -0.390 e. The van der Waals surface area contributed by atoms with Crippen LogP contribution in [0.25, 0.3) is 0 Å². The lowest BCUT2D eigenvalue weighted by Crippen LogP contribution is -2.35. The van der Waals surface area contributed by atoms with Gasteiger partial charge in [-0.3, -0.25) is 0 Å². The van der Waals surface area contributed by atoms with Crippen molar-refractivity contribution in [2.75, 3.05) is 31.7 Å². The van der Waals surface area contributed by atoms with E-state index in [2.05, 4.69) is 9.88 Å². The van der Waals surface area contributed by atoms with E-state index in [1.165, 1.54) is 0 Å². The minimum atomic E-state index is -0.118. The van der Waals surface area contributed by atoms with Crippen LogP contribution in [0, 0.1) is 5.92 Å². The Morgan fingerprint density at radius 2 is 2.17 bits per heavy atom. The summed E-state index contributed by atoms with van der Waals surface area (Å²) in [5.74, 6) is 1.55. The molecule has 0 atom stereocenters. The highest BCUT2D eigenvalue weighted by atomic mass is 35.5. The number of hydrogen-bond acceptors (Lipinski definition) is 4. The molecule has 2 rings (SSSR count). The number of hydrogen-bond donors (Lipinski definition) is 1. The Labute approximate surface area is 113 Å². The zero-order valence-corrected chi connectivity index (χ0v) is 11.4. The number of methoxy groups -OCH3 is 1. The van der Waals surface area contributed by atoms with Crippen LogP contribution < -0.4 is 4.90 Å². The van der Waals surface area contributed by atoms with Crippen LogP contribution in [0.4, 0.5) is 5.82 Å². The van der Waals surface area contributed by atoms with Gasteiger partial charge in [-0.25, -0.2) is 4.98 Å². The molecule has 100 valence electrons. The summed E-state index contributed by atoms with van der Waals surface area (Å²) < 4.78 is 5.19. The Morgan fingerprint density at radius 1 is 1.44 bits per heavy atom. The minimum absolute atomic E-state index is 0.118. The summed E-state index contributed by atoms with van der Waals surface area (Å²) in [5.41, 5.74) is 0.549. The Hall–Kier alpha value is -0.840. The van der Waals surface area contributed by atoms with E-state index >= 15 is 0 Å². The molecule has 0 spiro atoms. The lowest BCUT2D eigenvalue weighted by atomic mass is 9.98. The van der Waals surface area contributed by atoms with Crippen LogP contribution in [-0.4, -0.2) is 36.9 Å². The summed E-state index contributed by atoms with van der Waals surface area (Å²) in [6.07, 6.45) is 2.24. The second-order valence-electron chi connectivity index (χ2n) is 4.64. The van der Waals surface area contributed by atoms with Crippen molar-refractivity contribution >= 4 is 17.4 Å². The second kappa shape index (κ2) is 6.36. The van der Waals surface area contributed by atoms with Crippen LogP contribution >= 0.6 is 11.6 Å². The van der Waals surface area contributed by atoms with E-state index in [-0.39, 0.29) is 6.61 Å². The van der Waals surface area contributed by atoms with Crippen LogP contribution in [0.1, 0.15) is 18.5 Å². The number of pyridine rings is 1. The first-order valence-corrected chi connectivity index (χ1v) is 6.62. The maximum absolute atomic E-state index is 9.17. The summed E-state index contributed by atoms with van der Waals surface area (Å²) in [7, 11) is 1.75. The average molecular weight is 271 g/mol. The van der Waals surface area contributed by atoms with Crippen molar-refractivity contribution in [1.82, 2.24) is 4.98 Å². The number of aliphatic hydroxyl groups excluding tert-OH is 1. The fraction of sp³-hybridized carbons (Fsp3) is 0.615. The molecule has 18 heavy (non-hydrogen) atoms. The molecule has 1 aromatic rings. The monoisotopic (exact) mass is 270 g/mol. The first-order chi connectivity index (χ1) is 8.74. The van der Waals surface area contributed by atoms with Crippen molar-refractivity contribution in [2.24, 2.45) is 5.92 Å². The Morgan fingerprint density at radius 3 is 2.78 bits per heavy atom. The van der Waals surface area contributed by atoms with Gasteiger partial charge in [0.1, 0.15) is 5.82 Å². The molecule has 1 fully saturated rings. The Bertz CT molecular complexity index is 393. The fourth-order valence-electron chi connectivity index (χ4n) is 2.32. The predicted molar refractivity (Wildman–Crippen MR) is 72.0 cm³/mol. The van der Waals surface area contributed by atoms with Crippen LogP contribution in [0.3, 0.4) is 0 Å². The molecule has 1 aromatic heterocycles. The molecule has 0 radical (unpaired) electrons. The molecule has 1 N–H and O–H groups in total. The molecule has 1 saturated heterocycles. The molecule has 0 unspecified atom stereocenters. The van der Waals surface area contributed by atoms with Gasteiger partial charge in [-0.15, -0.1) is 0 Å². The Kier molecular flexibility index (Phi) is 4.80. The molecule has 1 aliphatic rings. The Balaban J connectivity index is 2.01. The number of halogens is 1. The van der Waals surface area contributed by atoms with Crippen LogP contribution in [0.5, 0.6) is 0 Å². The topological polar surface area (TPSA) is 45.6 Å². The van der Waals surface area contributed by atoms with Gasteiger partial charge in [0.2, 0.25) is 0 Å². The van der Waals surface area contributed by atoms with Crippen molar-refractivity contribution in [3.8, 4) is 0 Å². The standard InChI is InChI=1S/C13H19ClN2O2/c1-18-9-10-4-6-16(7-5-10)13-3-2-11(14)12(8-17)15-13/h2-3,10,17H,4-9H2,1H3. The van der Waals surface area contributed by atoms with E-state index in [1.807, 2.05) is 6.07 Å². The fourth-order valence-corrected chi connectivity index (χ4v) is 2.49. The van der Waals surface area contributed by atoms with E-state index in [0.29, 0.717) is 16.6 Å². The van der Waals surface area contributed by atoms with E-state index in [0.717, 1.165) is 38.4 Å². The zero-order chi connectivity index (χ0) is 13.0. The summed E-state index contributed by atoms with van der Waals surface area (Å²) in [6, 6.07) is 3.72. The SMILES string of the molecule is COCC1CCN(c2ccc(Cl)c(CO)n2)CC1. The van der Waals surface area contributed by atoms with Gasteiger partial charge < -0.3 is 14.7 Å². The quantitative estimate of drug-likeness (QED) is 0.910. The van der Waals surface area contributed by atoms with Crippen molar-refractivity contribution < 1.29 is 9.84 Å². The van der Waals surface area contributed by atoms with Gasteiger partial charge in [-0.2, -0.15) is 0 Å². The van der Waals surface area contributed by atoms with E-state index in [1.54, 1.807) is 13.2 Å². The number of ether oxygens (including phenoxy) is 1. The summed E-state index contributed by atoms with van der Waals surface area (Å²) >= 11 is 5.94.